The minimum Gasteiger partial charge on any atom is -0.480 e. The highest BCUT2D eigenvalue weighted by atomic mass is 16.6. The Morgan fingerprint density at radius 1 is 1.40 bits per heavy atom. The summed E-state index contributed by atoms with van der Waals surface area (Å²) in [5.74, 6) is -2.14. The lowest BCUT2D eigenvalue weighted by Crippen LogP contribution is -2.47. The molecular weight excluding hydrogens is 264 g/mol. The third kappa shape index (κ3) is 2.28. The van der Waals surface area contributed by atoms with Crippen LogP contribution in [0.1, 0.15) is 37.1 Å². The Bertz CT molecular complexity index is 507. The highest BCUT2D eigenvalue weighted by Crippen LogP contribution is 2.43. The molecule has 0 spiro atoms. The molecule has 1 unspecified atom stereocenters. The molecule has 2 rings (SSSR count). The third-order valence-electron chi connectivity index (χ3n) is 4.18. The maximum absolute atomic E-state index is 12.2. The monoisotopic (exact) mass is 282 g/mol. The van der Waals surface area contributed by atoms with Crippen molar-refractivity contribution >= 4 is 11.9 Å². The number of aromatic nitrogens is 2. The first kappa shape index (κ1) is 14.5. The van der Waals surface area contributed by atoms with Gasteiger partial charge in [0.1, 0.15) is 11.4 Å². The van der Waals surface area contributed by atoms with E-state index in [1.165, 1.54) is 7.11 Å². The van der Waals surface area contributed by atoms with Gasteiger partial charge < -0.3 is 9.84 Å². The second kappa shape index (κ2) is 5.60. The normalized spacial score (nSPS) is 18.7. The number of hydrogen-bond donors (Lipinski definition) is 1. The van der Waals surface area contributed by atoms with Crippen LogP contribution in [0.15, 0.2) is 4.63 Å². The number of methoxy groups -OCH3 is 1. The van der Waals surface area contributed by atoms with Crippen LogP contribution in [0.2, 0.25) is 0 Å². The summed E-state index contributed by atoms with van der Waals surface area (Å²) in [7, 11) is 1.21. The van der Waals surface area contributed by atoms with E-state index in [1.807, 2.05) is 0 Å². The van der Waals surface area contributed by atoms with Crippen molar-refractivity contribution < 1.29 is 24.1 Å². The van der Waals surface area contributed by atoms with Crippen molar-refractivity contribution in [3.63, 3.8) is 0 Å². The largest absolute Gasteiger partial charge is 0.480 e. The molecule has 0 radical (unpaired) electrons. The van der Waals surface area contributed by atoms with Gasteiger partial charge in [-0.05, 0) is 25.7 Å². The predicted octanol–water partition coefficient (Wildman–Crippen LogP) is 1.35. The molecule has 110 valence electrons. The number of rotatable bonds is 5. The van der Waals surface area contributed by atoms with Crippen molar-refractivity contribution in [3.8, 4) is 0 Å². The first-order valence-corrected chi connectivity index (χ1v) is 6.62. The van der Waals surface area contributed by atoms with E-state index in [-0.39, 0.29) is 12.3 Å². The van der Waals surface area contributed by atoms with E-state index in [0.29, 0.717) is 24.2 Å². The number of aryl methyl sites for hydroxylation is 1. The number of hydrogen-bond acceptors (Lipinski definition) is 6. The predicted molar refractivity (Wildman–Crippen MR) is 66.8 cm³/mol. The fourth-order valence-corrected chi connectivity index (χ4v) is 3.00. The molecule has 1 aliphatic carbocycles. The number of carboxylic acid groups (broad SMARTS) is 1. The Morgan fingerprint density at radius 2 is 2.05 bits per heavy atom. The van der Waals surface area contributed by atoms with Crippen molar-refractivity contribution in [2.24, 2.45) is 11.3 Å². The minimum absolute atomic E-state index is 0.0466. The fraction of sp³-hybridized carbons (Fsp3) is 0.692. The molecule has 0 aromatic carbocycles. The topological polar surface area (TPSA) is 103 Å². The average molecular weight is 282 g/mol. The maximum atomic E-state index is 12.2. The van der Waals surface area contributed by atoms with Gasteiger partial charge in [0.2, 0.25) is 0 Å². The smallest absolute Gasteiger partial charge is 0.323 e. The molecule has 1 atom stereocenters. The number of nitrogens with zero attached hydrogens (tertiary/aromatic N) is 2. The molecule has 1 aromatic heterocycles. The zero-order valence-corrected chi connectivity index (χ0v) is 11.6. The van der Waals surface area contributed by atoms with Gasteiger partial charge in [0.05, 0.1) is 7.11 Å². The molecule has 1 saturated carbocycles. The Hall–Kier alpha value is -1.92. The van der Waals surface area contributed by atoms with Gasteiger partial charge in [-0.15, -0.1) is 0 Å². The van der Waals surface area contributed by atoms with Gasteiger partial charge in [0.25, 0.3) is 0 Å². The molecule has 0 amide bonds. The van der Waals surface area contributed by atoms with Crippen molar-refractivity contribution in [3.05, 3.63) is 11.4 Å². The van der Waals surface area contributed by atoms with Gasteiger partial charge in [0.15, 0.2) is 5.41 Å². The van der Waals surface area contributed by atoms with Crippen LogP contribution < -0.4 is 0 Å². The molecule has 20 heavy (non-hydrogen) atoms. The highest BCUT2D eigenvalue weighted by molar-refractivity contribution is 5.99. The zero-order valence-electron chi connectivity index (χ0n) is 11.6. The molecule has 0 saturated heterocycles. The SMILES string of the molecule is COC(=O)C(Cc1nonc1C)(C(=O)O)C1CCCC1. The number of carbonyl (C=O) groups is 2. The van der Waals surface area contributed by atoms with Crippen LogP contribution in [0.5, 0.6) is 0 Å². The average Bonchev–Trinajstić information content (AvgIpc) is 3.07. The van der Waals surface area contributed by atoms with Crippen molar-refractivity contribution in [1.29, 1.82) is 0 Å². The van der Waals surface area contributed by atoms with E-state index in [9.17, 15) is 14.7 Å². The summed E-state index contributed by atoms with van der Waals surface area (Å²) in [5.41, 5.74) is -0.712. The number of carbonyl (C=O) groups excluding carboxylic acids is 1. The van der Waals surface area contributed by atoms with Gasteiger partial charge in [0, 0.05) is 6.42 Å². The highest BCUT2D eigenvalue weighted by Gasteiger charge is 2.55. The van der Waals surface area contributed by atoms with Gasteiger partial charge in [-0.2, -0.15) is 0 Å². The van der Waals surface area contributed by atoms with E-state index in [2.05, 4.69) is 14.9 Å². The lowest BCUT2D eigenvalue weighted by molar-refractivity contribution is -0.171. The van der Waals surface area contributed by atoms with Gasteiger partial charge in [-0.25, -0.2) is 4.63 Å². The third-order valence-corrected chi connectivity index (χ3v) is 4.18. The molecule has 1 fully saturated rings. The summed E-state index contributed by atoms with van der Waals surface area (Å²) in [6.07, 6.45) is 3.20. The van der Waals surface area contributed by atoms with Crippen LogP contribution in [-0.4, -0.2) is 34.5 Å². The minimum atomic E-state index is -1.60. The first-order valence-electron chi connectivity index (χ1n) is 6.62. The van der Waals surface area contributed by atoms with Gasteiger partial charge >= 0.3 is 11.9 Å². The van der Waals surface area contributed by atoms with Crippen LogP contribution in [0, 0.1) is 18.3 Å². The second-order valence-corrected chi connectivity index (χ2v) is 5.22. The Kier molecular flexibility index (Phi) is 4.06. The zero-order chi connectivity index (χ0) is 14.8. The van der Waals surface area contributed by atoms with E-state index in [4.69, 9.17) is 4.74 Å². The number of carboxylic acids is 1. The fourth-order valence-electron chi connectivity index (χ4n) is 3.00. The molecule has 7 heteroatoms. The molecular formula is C13H18N2O5. The number of esters is 1. The summed E-state index contributed by atoms with van der Waals surface area (Å²) in [4.78, 5) is 24.1. The quantitative estimate of drug-likeness (QED) is 0.642. The Morgan fingerprint density at radius 3 is 2.50 bits per heavy atom. The van der Waals surface area contributed by atoms with Crippen LogP contribution in [0.4, 0.5) is 0 Å². The second-order valence-electron chi connectivity index (χ2n) is 5.22. The van der Waals surface area contributed by atoms with E-state index in [0.717, 1.165) is 12.8 Å². The first-order chi connectivity index (χ1) is 9.52. The van der Waals surface area contributed by atoms with Crippen LogP contribution in [-0.2, 0) is 20.7 Å². The molecule has 0 bridgehead atoms. The van der Waals surface area contributed by atoms with Crippen LogP contribution >= 0.6 is 0 Å². The number of ether oxygens (including phenoxy) is 1. The Balaban J connectivity index is 2.43. The lowest BCUT2D eigenvalue weighted by Gasteiger charge is -2.31. The Labute approximate surface area is 116 Å². The van der Waals surface area contributed by atoms with Crippen molar-refractivity contribution in [1.82, 2.24) is 10.3 Å². The molecule has 1 N–H and O–H groups in total. The summed E-state index contributed by atoms with van der Waals surface area (Å²) < 4.78 is 9.38. The molecule has 1 aliphatic rings. The molecule has 7 nitrogen and oxygen atoms in total. The summed E-state index contributed by atoms with van der Waals surface area (Å²) >= 11 is 0. The summed E-state index contributed by atoms with van der Waals surface area (Å²) in [6.45, 7) is 1.67. The van der Waals surface area contributed by atoms with E-state index >= 15 is 0 Å². The molecule has 1 heterocycles. The van der Waals surface area contributed by atoms with Crippen molar-refractivity contribution in [2.45, 2.75) is 39.0 Å². The van der Waals surface area contributed by atoms with E-state index in [1.54, 1.807) is 6.92 Å². The summed E-state index contributed by atoms with van der Waals surface area (Å²) in [5, 5.41) is 17.1. The van der Waals surface area contributed by atoms with Crippen LogP contribution in [0.25, 0.3) is 0 Å². The summed E-state index contributed by atoms with van der Waals surface area (Å²) in [6, 6.07) is 0. The lowest BCUT2D eigenvalue weighted by atomic mass is 9.71. The van der Waals surface area contributed by atoms with Gasteiger partial charge in [-0.1, -0.05) is 23.2 Å². The van der Waals surface area contributed by atoms with Crippen molar-refractivity contribution in [2.75, 3.05) is 7.11 Å². The van der Waals surface area contributed by atoms with E-state index < -0.39 is 17.4 Å². The maximum Gasteiger partial charge on any atom is 0.323 e. The van der Waals surface area contributed by atoms with Gasteiger partial charge in [-0.3, -0.25) is 9.59 Å². The molecule has 1 aromatic rings. The standard InChI is InChI=1S/C13H18N2O5/c1-8-10(15-20-14-8)7-13(11(16)17,12(18)19-2)9-5-3-4-6-9/h9H,3-7H2,1-2H3,(H,16,17). The number of aliphatic carboxylic acids is 1. The van der Waals surface area contributed by atoms with Crippen LogP contribution in [0.3, 0.4) is 0 Å². The molecule has 0 aliphatic heterocycles.